The van der Waals surface area contributed by atoms with Gasteiger partial charge in [0.1, 0.15) is 11.3 Å². The molecule has 1 N–H and O–H groups in total. The first kappa shape index (κ1) is 17.4. The number of amides is 4. The fourth-order valence-electron chi connectivity index (χ4n) is 2.55. The molecular formula is C20H18N2O4. The molecule has 1 aliphatic rings. The zero-order valence-electron chi connectivity index (χ0n) is 14.4. The smallest absolute Gasteiger partial charge is 0.335 e. The number of hydrogen-bond acceptors (Lipinski definition) is 4. The largest absolute Gasteiger partial charge is 0.465 e. The second-order valence-corrected chi connectivity index (χ2v) is 6.10. The predicted molar refractivity (Wildman–Crippen MR) is 97.4 cm³/mol. The van der Waals surface area contributed by atoms with Gasteiger partial charge >= 0.3 is 6.03 Å². The minimum atomic E-state index is -0.760. The van der Waals surface area contributed by atoms with Crippen molar-refractivity contribution >= 4 is 29.6 Å². The highest BCUT2D eigenvalue weighted by Gasteiger charge is 2.36. The van der Waals surface area contributed by atoms with Crippen molar-refractivity contribution in [1.29, 1.82) is 0 Å². The summed E-state index contributed by atoms with van der Waals surface area (Å²) in [6, 6.07) is 9.81. The number of hydrogen-bond donors (Lipinski definition) is 1. The molecule has 0 atom stereocenters. The van der Waals surface area contributed by atoms with Crippen LogP contribution in [0.15, 0.2) is 64.8 Å². The molecule has 26 heavy (non-hydrogen) atoms. The van der Waals surface area contributed by atoms with Crippen LogP contribution in [0.25, 0.3) is 6.08 Å². The van der Waals surface area contributed by atoms with Crippen LogP contribution in [-0.2, 0) is 9.59 Å². The average molecular weight is 350 g/mol. The fourth-order valence-corrected chi connectivity index (χ4v) is 2.55. The summed E-state index contributed by atoms with van der Waals surface area (Å²) in [7, 11) is 0. The van der Waals surface area contributed by atoms with Crippen molar-refractivity contribution in [2.45, 2.75) is 19.8 Å². The fraction of sp³-hybridized carbons (Fsp3) is 0.150. The van der Waals surface area contributed by atoms with Crippen LogP contribution in [0.1, 0.15) is 31.1 Å². The number of rotatable bonds is 4. The van der Waals surface area contributed by atoms with Crippen molar-refractivity contribution in [3.05, 3.63) is 71.7 Å². The molecule has 1 fully saturated rings. The Kier molecular flexibility index (Phi) is 4.84. The van der Waals surface area contributed by atoms with E-state index in [0.717, 1.165) is 10.5 Å². The summed E-state index contributed by atoms with van der Waals surface area (Å²) in [5.41, 5.74) is 1.37. The van der Waals surface area contributed by atoms with Gasteiger partial charge in [-0.2, -0.15) is 0 Å². The lowest BCUT2D eigenvalue weighted by molar-refractivity contribution is -0.122. The SMILES string of the molecule is CC(C)c1ccc(N2C(=O)NC(=O)/C(=C\C=C\c3ccco3)C2=O)cc1. The number of nitrogens with zero attached hydrogens (tertiary/aromatic N) is 1. The van der Waals surface area contributed by atoms with E-state index in [9.17, 15) is 14.4 Å². The van der Waals surface area contributed by atoms with Crippen molar-refractivity contribution < 1.29 is 18.8 Å². The molecule has 0 spiro atoms. The topological polar surface area (TPSA) is 79.6 Å². The van der Waals surface area contributed by atoms with Crippen LogP contribution in [0, 0.1) is 0 Å². The van der Waals surface area contributed by atoms with E-state index in [1.165, 1.54) is 18.4 Å². The molecule has 132 valence electrons. The van der Waals surface area contributed by atoms with E-state index >= 15 is 0 Å². The van der Waals surface area contributed by atoms with E-state index in [1.807, 2.05) is 12.1 Å². The second kappa shape index (κ2) is 7.23. The van der Waals surface area contributed by atoms with Gasteiger partial charge in [0.05, 0.1) is 12.0 Å². The monoisotopic (exact) mass is 350 g/mol. The van der Waals surface area contributed by atoms with Crippen LogP contribution in [0.4, 0.5) is 10.5 Å². The van der Waals surface area contributed by atoms with Gasteiger partial charge in [0.2, 0.25) is 0 Å². The van der Waals surface area contributed by atoms with Gasteiger partial charge in [-0.1, -0.05) is 32.1 Å². The molecule has 1 aliphatic heterocycles. The third-order valence-corrected chi connectivity index (χ3v) is 3.99. The quantitative estimate of drug-likeness (QED) is 0.674. The lowest BCUT2D eigenvalue weighted by Crippen LogP contribution is -2.54. The molecule has 2 aromatic rings. The third kappa shape index (κ3) is 3.49. The van der Waals surface area contributed by atoms with Crippen LogP contribution >= 0.6 is 0 Å². The van der Waals surface area contributed by atoms with Crippen molar-refractivity contribution in [2.75, 3.05) is 4.90 Å². The molecule has 0 radical (unpaired) electrons. The number of furan rings is 1. The first-order valence-electron chi connectivity index (χ1n) is 8.19. The minimum Gasteiger partial charge on any atom is -0.465 e. The van der Waals surface area contributed by atoms with E-state index in [2.05, 4.69) is 19.2 Å². The van der Waals surface area contributed by atoms with E-state index < -0.39 is 17.8 Å². The first-order valence-corrected chi connectivity index (χ1v) is 8.19. The number of imide groups is 2. The maximum Gasteiger partial charge on any atom is 0.335 e. The second-order valence-electron chi connectivity index (χ2n) is 6.10. The van der Waals surface area contributed by atoms with Gasteiger partial charge in [0, 0.05) is 0 Å². The number of nitrogens with one attached hydrogen (secondary N) is 1. The molecule has 1 aromatic heterocycles. The van der Waals surface area contributed by atoms with Gasteiger partial charge in [-0.15, -0.1) is 0 Å². The molecule has 6 heteroatoms. The molecule has 2 heterocycles. The van der Waals surface area contributed by atoms with Crippen LogP contribution in [0.2, 0.25) is 0 Å². The molecule has 0 bridgehead atoms. The summed E-state index contributed by atoms with van der Waals surface area (Å²) in [4.78, 5) is 37.8. The average Bonchev–Trinajstić information content (AvgIpc) is 3.11. The molecular weight excluding hydrogens is 332 g/mol. The zero-order valence-corrected chi connectivity index (χ0v) is 14.4. The molecule has 0 aliphatic carbocycles. The molecule has 0 saturated carbocycles. The maximum absolute atomic E-state index is 12.7. The molecule has 3 rings (SSSR count). The summed E-state index contributed by atoms with van der Waals surface area (Å²) in [5.74, 6) is -0.472. The highest BCUT2D eigenvalue weighted by molar-refractivity contribution is 6.37. The van der Waals surface area contributed by atoms with E-state index in [0.29, 0.717) is 17.4 Å². The Hall–Kier alpha value is -3.41. The van der Waals surface area contributed by atoms with Gasteiger partial charge < -0.3 is 4.42 Å². The minimum absolute atomic E-state index is 0.125. The van der Waals surface area contributed by atoms with E-state index in [-0.39, 0.29) is 5.57 Å². The third-order valence-electron chi connectivity index (χ3n) is 3.99. The lowest BCUT2D eigenvalue weighted by Gasteiger charge is -2.26. The number of allylic oxidation sites excluding steroid dienone is 2. The van der Waals surface area contributed by atoms with Gasteiger partial charge in [-0.25, -0.2) is 9.69 Å². The standard InChI is InChI=1S/C20H18N2O4/c1-13(2)14-8-10-15(11-9-14)22-19(24)17(18(23)21-20(22)25)7-3-5-16-6-4-12-26-16/h3-13H,1-2H3,(H,21,23,25)/b5-3+,17-7+. The highest BCUT2D eigenvalue weighted by atomic mass is 16.3. The van der Waals surface area contributed by atoms with Crippen molar-refractivity contribution in [2.24, 2.45) is 0 Å². The molecule has 1 aromatic carbocycles. The summed E-state index contributed by atoms with van der Waals surface area (Å²) in [6.07, 6.45) is 6.03. The van der Waals surface area contributed by atoms with Crippen molar-refractivity contribution in [1.82, 2.24) is 5.32 Å². The van der Waals surface area contributed by atoms with Crippen molar-refractivity contribution in [3.8, 4) is 0 Å². The van der Waals surface area contributed by atoms with Crippen LogP contribution < -0.4 is 10.2 Å². The summed E-state index contributed by atoms with van der Waals surface area (Å²) >= 11 is 0. The maximum atomic E-state index is 12.7. The molecule has 6 nitrogen and oxygen atoms in total. The summed E-state index contributed by atoms with van der Waals surface area (Å²) < 4.78 is 5.15. The summed E-state index contributed by atoms with van der Waals surface area (Å²) in [5, 5.41) is 2.19. The lowest BCUT2D eigenvalue weighted by atomic mass is 10.0. The Morgan fingerprint density at radius 2 is 1.81 bits per heavy atom. The molecule has 1 saturated heterocycles. The number of anilines is 1. The van der Waals surface area contributed by atoms with E-state index in [4.69, 9.17) is 4.42 Å². The number of carbonyl (C=O) groups is 3. The van der Waals surface area contributed by atoms with Gasteiger partial charge in [-0.05, 0) is 47.9 Å². The zero-order chi connectivity index (χ0) is 18.7. The number of barbiturate groups is 1. The Morgan fingerprint density at radius 1 is 1.08 bits per heavy atom. The predicted octanol–water partition coefficient (Wildman–Crippen LogP) is 3.63. The Bertz CT molecular complexity index is 890. The summed E-state index contributed by atoms with van der Waals surface area (Å²) in [6.45, 7) is 4.11. The molecule has 0 unspecified atom stereocenters. The number of carbonyl (C=O) groups excluding carboxylic acids is 3. The molecule has 4 amide bonds. The van der Waals surface area contributed by atoms with Crippen LogP contribution in [0.5, 0.6) is 0 Å². The first-order chi connectivity index (χ1) is 12.5. The highest BCUT2D eigenvalue weighted by Crippen LogP contribution is 2.23. The number of benzene rings is 1. The Labute approximate surface area is 150 Å². The van der Waals surface area contributed by atoms with Crippen LogP contribution in [0.3, 0.4) is 0 Å². The Balaban J connectivity index is 1.87. The van der Waals surface area contributed by atoms with Gasteiger partial charge in [0.25, 0.3) is 11.8 Å². The number of urea groups is 1. The van der Waals surface area contributed by atoms with Crippen molar-refractivity contribution in [3.63, 3.8) is 0 Å². The van der Waals surface area contributed by atoms with Gasteiger partial charge in [0.15, 0.2) is 0 Å². The Morgan fingerprint density at radius 3 is 2.42 bits per heavy atom. The normalized spacial score (nSPS) is 16.8. The van der Waals surface area contributed by atoms with Crippen LogP contribution in [-0.4, -0.2) is 17.8 Å². The van der Waals surface area contributed by atoms with E-state index in [1.54, 1.807) is 30.3 Å². The van der Waals surface area contributed by atoms with Gasteiger partial charge in [-0.3, -0.25) is 14.9 Å².